The third kappa shape index (κ3) is 2.93. The van der Waals surface area contributed by atoms with Gasteiger partial charge >= 0.3 is 0 Å². The van der Waals surface area contributed by atoms with Crippen molar-refractivity contribution in [2.75, 3.05) is 26.2 Å². The lowest BCUT2D eigenvalue weighted by atomic mass is 9.99. The highest BCUT2D eigenvalue weighted by atomic mass is 16.5. The molecule has 0 aliphatic carbocycles. The van der Waals surface area contributed by atoms with Gasteiger partial charge in [-0.15, -0.1) is 0 Å². The van der Waals surface area contributed by atoms with Gasteiger partial charge in [-0.05, 0) is 49.5 Å². The molecule has 0 unspecified atom stereocenters. The Bertz CT molecular complexity index is 425. The van der Waals surface area contributed by atoms with Crippen LogP contribution in [-0.2, 0) is 13.0 Å². The second-order valence-corrected chi connectivity index (χ2v) is 5.57. The number of fused-ring (bicyclic) bond motifs is 1. The van der Waals surface area contributed by atoms with E-state index in [0.29, 0.717) is 6.10 Å². The van der Waals surface area contributed by atoms with Gasteiger partial charge in [0, 0.05) is 19.6 Å². The average Bonchev–Trinajstić information content (AvgIpc) is 2.48. The largest absolute Gasteiger partial charge is 0.490 e. The van der Waals surface area contributed by atoms with Crippen LogP contribution in [0, 0.1) is 0 Å². The normalized spacial score (nSPS) is 21.1. The molecule has 1 N–H and O–H groups in total. The lowest BCUT2D eigenvalue weighted by Crippen LogP contribution is -2.38. The van der Waals surface area contributed by atoms with Crippen LogP contribution in [0.25, 0.3) is 0 Å². The average molecular weight is 260 g/mol. The Morgan fingerprint density at radius 1 is 1.32 bits per heavy atom. The molecule has 104 valence electrons. The maximum Gasteiger partial charge on any atom is 0.123 e. The molecule has 2 aliphatic rings. The van der Waals surface area contributed by atoms with Crippen LogP contribution >= 0.6 is 0 Å². The Hall–Kier alpha value is -1.06. The number of piperidine rings is 1. The standard InChI is InChI=1S/C16H24N2O/c1-2-18-10-7-14(8-11-18)19-16-5-3-4-13-12-17-9-6-15(13)16/h3-5,14,17H,2,6-12H2,1H3. The highest BCUT2D eigenvalue weighted by molar-refractivity contribution is 5.41. The Kier molecular flexibility index (Phi) is 4.04. The number of hydrogen-bond acceptors (Lipinski definition) is 3. The predicted molar refractivity (Wildman–Crippen MR) is 77.6 cm³/mol. The number of nitrogens with zero attached hydrogens (tertiary/aromatic N) is 1. The monoisotopic (exact) mass is 260 g/mol. The molecule has 0 radical (unpaired) electrons. The van der Waals surface area contributed by atoms with Crippen LogP contribution in [0.4, 0.5) is 0 Å². The summed E-state index contributed by atoms with van der Waals surface area (Å²) >= 11 is 0. The fourth-order valence-electron chi connectivity index (χ4n) is 3.13. The van der Waals surface area contributed by atoms with Crippen LogP contribution in [-0.4, -0.2) is 37.2 Å². The Labute approximate surface area is 115 Å². The van der Waals surface area contributed by atoms with Crippen LogP contribution in [0.5, 0.6) is 5.75 Å². The van der Waals surface area contributed by atoms with Gasteiger partial charge in [-0.2, -0.15) is 0 Å². The number of ether oxygens (including phenoxy) is 1. The Balaban J connectivity index is 1.67. The number of rotatable bonds is 3. The van der Waals surface area contributed by atoms with Crippen molar-refractivity contribution in [2.45, 2.75) is 38.8 Å². The summed E-state index contributed by atoms with van der Waals surface area (Å²) in [6.45, 7) is 7.82. The van der Waals surface area contributed by atoms with E-state index >= 15 is 0 Å². The van der Waals surface area contributed by atoms with E-state index in [9.17, 15) is 0 Å². The third-order valence-corrected chi connectivity index (χ3v) is 4.37. The van der Waals surface area contributed by atoms with Crippen molar-refractivity contribution in [1.29, 1.82) is 0 Å². The molecule has 3 nitrogen and oxygen atoms in total. The minimum atomic E-state index is 0.407. The topological polar surface area (TPSA) is 24.5 Å². The molecule has 2 aliphatic heterocycles. The number of nitrogens with one attached hydrogen (secondary N) is 1. The summed E-state index contributed by atoms with van der Waals surface area (Å²) in [6, 6.07) is 6.49. The van der Waals surface area contributed by atoms with E-state index in [0.717, 1.165) is 38.1 Å². The molecule has 3 heteroatoms. The smallest absolute Gasteiger partial charge is 0.123 e. The molecule has 0 bridgehead atoms. The number of hydrogen-bond donors (Lipinski definition) is 1. The fourth-order valence-corrected chi connectivity index (χ4v) is 3.13. The van der Waals surface area contributed by atoms with Crippen molar-refractivity contribution in [1.82, 2.24) is 10.2 Å². The first kappa shape index (κ1) is 12.9. The van der Waals surface area contributed by atoms with Crippen molar-refractivity contribution in [3.8, 4) is 5.75 Å². The van der Waals surface area contributed by atoms with Crippen LogP contribution in [0.3, 0.4) is 0 Å². The van der Waals surface area contributed by atoms with E-state index in [1.165, 1.54) is 30.8 Å². The molecule has 19 heavy (non-hydrogen) atoms. The zero-order chi connectivity index (χ0) is 13.1. The summed E-state index contributed by atoms with van der Waals surface area (Å²) < 4.78 is 6.29. The maximum absolute atomic E-state index is 6.29. The summed E-state index contributed by atoms with van der Waals surface area (Å²) in [4.78, 5) is 2.50. The highest BCUT2D eigenvalue weighted by Crippen LogP contribution is 2.28. The van der Waals surface area contributed by atoms with E-state index in [1.54, 1.807) is 0 Å². The molecule has 0 spiro atoms. The Morgan fingerprint density at radius 3 is 2.95 bits per heavy atom. The third-order valence-electron chi connectivity index (χ3n) is 4.37. The first-order chi connectivity index (χ1) is 9.36. The quantitative estimate of drug-likeness (QED) is 0.901. The second kappa shape index (κ2) is 5.93. The van der Waals surface area contributed by atoms with E-state index in [2.05, 4.69) is 35.3 Å². The SMILES string of the molecule is CCN1CCC(Oc2cccc3c2CCNC3)CC1. The molecule has 1 aromatic rings. The summed E-state index contributed by atoms with van der Waals surface area (Å²) in [5.41, 5.74) is 2.84. The van der Waals surface area contributed by atoms with Gasteiger partial charge in [0.2, 0.25) is 0 Å². The lowest BCUT2D eigenvalue weighted by molar-refractivity contribution is 0.103. The van der Waals surface area contributed by atoms with Crippen LogP contribution in [0.15, 0.2) is 18.2 Å². The summed E-state index contributed by atoms with van der Waals surface area (Å²) in [5, 5.41) is 3.42. The van der Waals surface area contributed by atoms with Gasteiger partial charge in [-0.25, -0.2) is 0 Å². The zero-order valence-electron chi connectivity index (χ0n) is 11.8. The minimum absolute atomic E-state index is 0.407. The van der Waals surface area contributed by atoms with Crippen molar-refractivity contribution >= 4 is 0 Å². The molecule has 1 saturated heterocycles. The number of benzene rings is 1. The predicted octanol–water partition coefficient (Wildman–Crippen LogP) is 2.20. The molecule has 0 amide bonds. The van der Waals surface area contributed by atoms with Gasteiger partial charge in [0.15, 0.2) is 0 Å². The summed E-state index contributed by atoms with van der Waals surface area (Å²) in [6.07, 6.45) is 3.83. The first-order valence-corrected chi connectivity index (χ1v) is 7.57. The van der Waals surface area contributed by atoms with Gasteiger partial charge in [-0.1, -0.05) is 19.1 Å². The van der Waals surface area contributed by atoms with E-state index < -0.39 is 0 Å². The molecular formula is C16H24N2O. The minimum Gasteiger partial charge on any atom is -0.490 e. The fraction of sp³-hybridized carbons (Fsp3) is 0.625. The highest BCUT2D eigenvalue weighted by Gasteiger charge is 2.21. The summed E-state index contributed by atoms with van der Waals surface area (Å²) in [7, 11) is 0. The molecule has 2 heterocycles. The van der Waals surface area contributed by atoms with Crippen molar-refractivity contribution < 1.29 is 4.74 Å². The van der Waals surface area contributed by atoms with Gasteiger partial charge in [0.1, 0.15) is 11.9 Å². The number of likely N-dealkylation sites (tertiary alicyclic amines) is 1. The van der Waals surface area contributed by atoms with Gasteiger partial charge in [-0.3, -0.25) is 0 Å². The molecule has 3 rings (SSSR count). The molecule has 0 atom stereocenters. The van der Waals surface area contributed by atoms with Crippen molar-refractivity contribution in [3.63, 3.8) is 0 Å². The zero-order valence-corrected chi connectivity index (χ0v) is 11.8. The molecule has 1 fully saturated rings. The van der Waals surface area contributed by atoms with E-state index in [4.69, 9.17) is 4.74 Å². The van der Waals surface area contributed by atoms with Gasteiger partial charge < -0.3 is 15.0 Å². The van der Waals surface area contributed by atoms with Crippen LogP contribution in [0.2, 0.25) is 0 Å². The van der Waals surface area contributed by atoms with Crippen LogP contribution in [0.1, 0.15) is 30.9 Å². The maximum atomic E-state index is 6.29. The molecule has 0 aromatic heterocycles. The van der Waals surface area contributed by atoms with Crippen LogP contribution < -0.4 is 10.1 Å². The lowest BCUT2D eigenvalue weighted by Gasteiger charge is -2.32. The van der Waals surface area contributed by atoms with Crippen molar-refractivity contribution in [2.24, 2.45) is 0 Å². The van der Waals surface area contributed by atoms with E-state index in [-0.39, 0.29) is 0 Å². The molecule has 1 aromatic carbocycles. The second-order valence-electron chi connectivity index (χ2n) is 5.57. The first-order valence-electron chi connectivity index (χ1n) is 7.57. The molecular weight excluding hydrogens is 236 g/mol. The van der Waals surface area contributed by atoms with Gasteiger partial charge in [0.25, 0.3) is 0 Å². The molecule has 0 saturated carbocycles. The van der Waals surface area contributed by atoms with Crippen molar-refractivity contribution in [3.05, 3.63) is 29.3 Å². The van der Waals surface area contributed by atoms with Gasteiger partial charge in [0.05, 0.1) is 0 Å². The Morgan fingerprint density at radius 2 is 2.16 bits per heavy atom. The summed E-state index contributed by atoms with van der Waals surface area (Å²) in [5.74, 6) is 1.13. The van der Waals surface area contributed by atoms with E-state index in [1.807, 2.05) is 0 Å².